The number of carbonyl (C=O) groups excluding carboxylic acids is 5. The second kappa shape index (κ2) is 14.2. The molecule has 2 aromatic rings. The monoisotopic (exact) mass is 677 g/mol. The molecule has 4 rings (SSSR count). The van der Waals surface area contributed by atoms with E-state index in [1.165, 1.54) is 42.5 Å². The molecule has 0 aromatic heterocycles. The van der Waals surface area contributed by atoms with Crippen molar-refractivity contribution in [3.8, 4) is 5.75 Å². The maximum atomic E-state index is 13.4. The van der Waals surface area contributed by atoms with E-state index in [4.69, 9.17) is 32.7 Å². The fourth-order valence-electron chi connectivity index (χ4n) is 4.46. The number of nitrogens with zero attached hydrogens (tertiary/aromatic N) is 1. The molecule has 1 saturated heterocycles. The van der Waals surface area contributed by atoms with Gasteiger partial charge in [0.15, 0.2) is 15.2 Å². The number of carbonyl (C=O) groups is 5. The van der Waals surface area contributed by atoms with E-state index in [0.29, 0.717) is 15.5 Å². The molecular weight excluding hydrogens is 656 g/mol. The summed E-state index contributed by atoms with van der Waals surface area (Å²) >= 11 is 12.0. The second-order valence-corrected chi connectivity index (χ2v) is 12.3. The van der Waals surface area contributed by atoms with Crippen molar-refractivity contribution >= 4 is 62.9 Å². The van der Waals surface area contributed by atoms with Gasteiger partial charge in [0.05, 0.1) is 17.4 Å². The molecule has 2 heterocycles. The minimum atomic E-state index is -4.30. The number of carboxylic acid groups (broad SMARTS) is 1. The average molecular weight is 678 g/mol. The van der Waals surface area contributed by atoms with Gasteiger partial charge < -0.3 is 35.1 Å². The van der Waals surface area contributed by atoms with Crippen LogP contribution in [0.3, 0.4) is 0 Å². The molecule has 0 radical (unpaired) electrons. The summed E-state index contributed by atoms with van der Waals surface area (Å²) in [6.45, 7) is 0.0125. The maximum Gasteiger partial charge on any atom is 1.00 e. The van der Waals surface area contributed by atoms with Crippen molar-refractivity contribution in [2.45, 2.75) is 31.0 Å². The predicted molar refractivity (Wildman–Crippen MR) is 146 cm³/mol. The number of hydrogen-bond donors (Lipinski definition) is 3. The number of amides is 3. The van der Waals surface area contributed by atoms with E-state index in [2.05, 4.69) is 10.6 Å². The van der Waals surface area contributed by atoms with Gasteiger partial charge in [-0.25, -0.2) is 13.2 Å². The van der Waals surface area contributed by atoms with Crippen LogP contribution in [0.1, 0.15) is 24.1 Å². The molecule has 0 saturated carbocycles. The van der Waals surface area contributed by atoms with Crippen molar-refractivity contribution in [3.05, 3.63) is 74.9 Å². The molecule has 2 aliphatic rings. The number of benzene rings is 2. The second-order valence-electron chi connectivity index (χ2n) is 9.39. The number of carboxylic acids is 1. The zero-order chi connectivity index (χ0) is 31.6. The first-order valence-electron chi connectivity index (χ1n) is 12.3. The zero-order valence-corrected chi connectivity index (χ0v) is 27.4. The SMILES string of the molecule is CC(=O)OCC1=C(C(=O)[O-])N2C(=O)[C@H](NC(=O)C(NC(=O)OCc3ccc(Cl)cc3Cl)c3ccc(O)cc3)[C@@H]2S(=O)(=O)C1.[Na+]. The van der Waals surface area contributed by atoms with E-state index in [0.717, 1.165) is 6.92 Å². The molecule has 2 aliphatic heterocycles. The van der Waals surface area contributed by atoms with Gasteiger partial charge >= 0.3 is 41.6 Å². The van der Waals surface area contributed by atoms with Gasteiger partial charge in [-0.15, -0.1) is 0 Å². The third-order valence-corrected chi connectivity index (χ3v) is 8.98. The summed E-state index contributed by atoms with van der Waals surface area (Å²) in [5, 5.41) is 24.8. The van der Waals surface area contributed by atoms with Crippen molar-refractivity contribution in [1.29, 1.82) is 0 Å². The van der Waals surface area contributed by atoms with Crippen LogP contribution in [0, 0.1) is 0 Å². The van der Waals surface area contributed by atoms with Crippen molar-refractivity contribution < 1.29 is 81.6 Å². The smallest absolute Gasteiger partial charge is 0.543 e. The summed E-state index contributed by atoms with van der Waals surface area (Å²) in [6.07, 6.45) is -1.09. The number of fused-ring (bicyclic) bond motifs is 1. The molecule has 18 heteroatoms. The van der Waals surface area contributed by atoms with E-state index in [1.54, 1.807) is 0 Å². The van der Waals surface area contributed by atoms with E-state index in [-0.39, 0.29) is 58.1 Å². The topological polar surface area (TPSA) is 209 Å². The Hall–Kier alpha value is -3.34. The first-order chi connectivity index (χ1) is 20.2. The number of hydrogen-bond acceptors (Lipinski definition) is 11. The molecule has 1 unspecified atom stereocenters. The van der Waals surface area contributed by atoms with E-state index in [1.807, 2.05) is 0 Å². The van der Waals surface area contributed by atoms with Crippen molar-refractivity contribution in [2.75, 3.05) is 12.4 Å². The Morgan fingerprint density at radius 2 is 1.75 bits per heavy atom. The van der Waals surface area contributed by atoms with Crippen LogP contribution in [0.2, 0.25) is 10.0 Å². The molecular formula is C26H22Cl2N3NaO11S. The molecule has 44 heavy (non-hydrogen) atoms. The number of phenolic OH excluding ortho intramolecular Hbond substituents is 1. The maximum absolute atomic E-state index is 13.4. The summed E-state index contributed by atoms with van der Waals surface area (Å²) in [5.41, 5.74) is -0.642. The van der Waals surface area contributed by atoms with E-state index in [9.17, 15) is 42.6 Å². The molecule has 14 nitrogen and oxygen atoms in total. The summed E-state index contributed by atoms with van der Waals surface area (Å²) in [5.74, 6) is -5.88. The van der Waals surface area contributed by atoms with Gasteiger partial charge in [-0.3, -0.25) is 19.3 Å². The zero-order valence-electron chi connectivity index (χ0n) is 23.0. The summed E-state index contributed by atoms with van der Waals surface area (Å²) in [4.78, 5) is 62.5. The van der Waals surface area contributed by atoms with Crippen LogP contribution < -0.4 is 45.3 Å². The van der Waals surface area contributed by atoms with Gasteiger partial charge in [-0.1, -0.05) is 41.4 Å². The van der Waals surface area contributed by atoms with Gasteiger partial charge in [0.2, 0.25) is 5.91 Å². The van der Waals surface area contributed by atoms with Crippen molar-refractivity contribution in [1.82, 2.24) is 15.5 Å². The number of aromatic hydroxyl groups is 1. The quantitative estimate of drug-likeness (QED) is 0.141. The third kappa shape index (κ3) is 7.65. The Kier molecular flexibility index (Phi) is 11.3. The van der Waals surface area contributed by atoms with Crippen LogP contribution in [-0.2, 0) is 45.1 Å². The van der Waals surface area contributed by atoms with E-state index >= 15 is 0 Å². The molecule has 1 fully saturated rings. The van der Waals surface area contributed by atoms with E-state index < -0.39 is 75.2 Å². The molecule has 2 aromatic carbocycles. The standard InChI is InChI=1S/C26H23Cl2N3O11S.Na/c1-12(32)41-10-15-11-43(39,40)24-20(23(35)31(24)21(15)25(36)37)29-22(34)19(13-3-6-17(33)7-4-13)30-26(38)42-9-14-2-5-16(27)8-18(14)28;/h2-8,19-20,24,33H,9-11H2,1H3,(H,29,34)(H,30,38)(H,36,37);/q;+1/p-1/t19?,20-,24-;/m0./s1. The van der Waals surface area contributed by atoms with Crippen LogP contribution in [0.25, 0.3) is 0 Å². The van der Waals surface area contributed by atoms with Gasteiger partial charge in [0, 0.05) is 28.1 Å². The molecule has 0 spiro atoms. The Morgan fingerprint density at radius 1 is 1.09 bits per heavy atom. The fourth-order valence-corrected chi connectivity index (χ4v) is 6.93. The largest absolute Gasteiger partial charge is 1.00 e. The Bertz CT molecular complexity index is 1650. The number of phenols is 1. The first-order valence-corrected chi connectivity index (χ1v) is 14.7. The molecule has 0 aliphatic carbocycles. The molecule has 3 amide bonds. The Balaban J connectivity index is 0.00000529. The van der Waals surface area contributed by atoms with Gasteiger partial charge in [0.25, 0.3) is 5.91 Å². The van der Waals surface area contributed by atoms with Crippen LogP contribution in [-0.4, -0.2) is 72.0 Å². The van der Waals surface area contributed by atoms with Crippen molar-refractivity contribution in [3.63, 3.8) is 0 Å². The van der Waals surface area contributed by atoms with Crippen LogP contribution in [0.4, 0.5) is 4.79 Å². The first kappa shape index (κ1) is 35.1. The van der Waals surface area contributed by atoms with Gasteiger partial charge in [-0.05, 0) is 29.8 Å². The third-order valence-electron chi connectivity index (χ3n) is 6.43. The number of β-lactam (4-membered cyclic amide) rings is 1. The number of rotatable bonds is 9. The molecule has 228 valence electrons. The fraction of sp³-hybridized carbons (Fsp3) is 0.269. The van der Waals surface area contributed by atoms with Crippen LogP contribution in [0.15, 0.2) is 53.7 Å². The number of sulfone groups is 1. The van der Waals surface area contributed by atoms with Crippen LogP contribution >= 0.6 is 23.2 Å². The van der Waals surface area contributed by atoms with Crippen LogP contribution in [0.5, 0.6) is 5.75 Å². The predicted octanol–water partition coefficient (Wildman–Crippen LogP) is -2.68. The summed E-state index contributed by atoms with van der Waals surface area (Å²) < 4.78 is 36.0. The summed E-state index contributed by atoms with van der Waals surface area (Å²) in [7, 11) is -4.30. The van der Waals surface area contributed by atoms with Gasteiger partial charge in [0.1, 0.15) is 31.0 Å². The number of nitrogens with one attached hydrogen (secondary N) is 2. The number of alkyl carbamates (subject to hydrolysis) is 1. The minimum absolute atomic E-state index is 0. The number of halogens is 2. The number of aliphatic carboxylic acids is 1. The normalized spacial score (nSPS) is 19.0. The Morgan fingerprint density at radius 3 is 2.34 bits per heavy atom. The molecule has 3 N–H and O–H groups in total. The minimum Gasteiger partial charge on any atom is -0.543 e. The molecule has 0 bridgehead atoms. The average Bonchev–Trinajstić information content (AvgIpc) is 2.92. The summed E-state index contributed by atoms with van der Waals surface area (Å²) in [6, 6.07) is 6.22. The van der Waals surface area contributed by atoms with Gasteiger partial charge in [-0.2, -0.15) is 0 Å². The number of esters is 1. The van der Waals surface area contributed by atoms with Crippen molar-refractivity contribution in [2.24, 2.45) is 0 Å². The molecule has 3 atom stereocenters. The Labute approximate surface area is 282 Å². The number of ether oxygens (including phenoxy) is 2.